The molecule has 4 heteroatoms. The SMILES string of the molecule is CCOC(C)(CC)c1nc(C)cc(CNC(C)C)n1. The summed E-state index contributed by atoms with van der Waals surface area (Å²) < 4.78 is 5.85. The molecular weight excluding hydrogens is 238 g/mol. The van der Waals surface area contributed by atoms with Gasteiger partial charge in [0.15, 0.2) is 5.82 Å². The maximum atomic E-state index is 5.85. The highest BCUT2D eigenvalue weighted by molar-refractivity contribution is 5.13. The topological polar surface area (TPSA) is 47.0 Å². The smallest absolute Gasteiger partial charge is 0.160 e. The van der Waals surface area contributed by atoms with Crippen LogP contribution in [0.1, 0.15) is 58.3 Å². The van der Waals surface area contributed by atoms with Crippen molar-refractivity contribution in [2.75, 3.05) is 6.61 Å². The van der Waals surface area contributed by atoms with E-state index in [0.717, 1.165) is 30.2 Å². The van der Waals surface area contributed by atoms with Crippen molar-refractivity contribution in [1.29, 1.82) is 0 Å². The zero-order valence-corrected chi connectivity index (χ0v) is 13.1. The monoisotopic (exact) mass is 265 g/mol. The molecule has 1 unspecified atom stereocenters. The number of rotatable bonds is 7. The van der Waals surface area contributed by atoms with Crippen LogP contribution < -0.4 is 5.32 Å². The van der Waals surface area contributed by atoms with Gasteiger partial charge in [0.2, 0.25) is 0 Å². The Balaban J connectivity index is 3.00. The lowest BCUT2D eigenvalue weighted by Crippen LogP contribution is -2.29. The molecule has 0 amide bonds. The highest BCUT2D eigenvalue weighted by atomic mass is 16.5. The summed E-state index contributed by atoms with van der Waals surface area (Å²) in [5.41, 5.74) is 1.62. The third-order valence-corrected chi connectivity index (χ3v) is 3.21. The Morgan fingerprint density at radius 1 is 1.32 bits per heavy atom. The quantitative estimate of drug-likeness (QED) is 0.823. The van der Waals surface area contributed by atoms with Crippen molar-refractivity contribution in [2.45, 2.75) is 66.2 Å². The third kappa shape index (κ3) is 4.55. The Morgan fingerprint density at radius 2 is 2.00 bits per heavy atom. The molecule has 19 heavy (non-hydrogen) atoms. The molecule has 1 rings (SSSR count). The van der Waals surface area contributed by atoms with Gasteiger partial charge < -0.3 is 10.1 Å². The first-order valence-corrected chi connectivity index (χ1v) is 7.13. The maximum absolute atomic E-state index is 5.85. The van der Waals surface area contributed by atoms with Crippen LogP contribution in [0.2, 0.25) is 0 Å². The normalized spacial score (nSPS) is 14.7. The molecule has 1 heterocycles. The number of nitrogens with one attached hydrogen (secondary N) is 1. The van der Waals surface area contributed by atoms with Gasteiger partial charge in [-0.25, -0.2) is 9.97 Å². The van der Waals surface area contributed by atoms with Crippen molar-refractivity contribution in [1.82, 2.24) is 15.3 Å². The molecule has 4 nitrogen and oxygen atoms in total. The van der Waals surface area contributed by atoms with Crippen LogP contribution in [0.3, 0.4) is 0 Å². The van der Waals surface area contributed by atoms with Crippen LogP contribution in [0.15, 0.2) is 6.07 Å². The third-order valence-electron chi connectivity index (χ3n) is 3.21. The van der Waals surface area contributed by atoms with Crippen molar-refractivity contribution in [2.24, 2.45) is 0 Å². The molecule has 0 bridgehead atoms. The molecule has 1 N–H and O–H groups in total. The van der Waals surface area contributed by atoms with Crippen molar-refractivity contribution < 1.29 is 4.74 Å². The average molecular weight is 265 g/mol. The Bertz CT molecular complexity index is 406. The molecule has 0 aromatic carbocycles. The van der Waals surface area contributed by atoms with Crippen molar-refractivity contribution in [3.8, 4) is 0 Å². The Morgan fingerprint density at radius 3 is 2.53 bits per heavy atom. The van der Waals surface area contributed by atoms with E-state index >= 15 is 0 Å². The van der Waals surface area contributed by atoms with Crippen LogP contribution in [0.25, 0.3) is 0 Å². The van der Waals surface area contributed by atoms with E-state index in [1.165, 1.54) is 0 Å². The summed E-state index contributed by atoms with van der Waals surface area (Å²) in [6, 6.07) is 2.48. The van der Waals surface area contributed by atoms with Gasteiger partial charge >= 0.3 is 0 Å². The summed E-state index contributed by atoms with van der Waals surface area (Å²) >= 11 is 0. The number of aryl methyl sites for hydroxylation is 1. The lowest BCUT2D eigenvalue weighted by molar-refractivity contribution is -0.0393. The van der Waals surface area contributed by atoms with Crippen LogP contribution in [0.5, 0.6) is 0 Å². The molecule has 0 spiro atoms. The molecule has 0 aliphatic rings. The van der Waals surface area contributed by atoms with Gasteiger partial charge in [0, 0.05) is 24.9 Å². The fourth-order valence-corrected chi connectivity index (χ4v) is 1.91. The lowest BCUT2D eigenvalue weighted by Gasteiger charge is -2.27. The number of hydrogen-bond donors (Lipinski definition) is 1. The van der Waals surface area contributed by atoms with Crippen LogP contribution in [-0.2, 0) is 16.9 Å². The summed E-state index contributed by atoms with van der Waals surface area (Å²) in [6.07, 6.45) is 0.862. The molecule has 0 radical (unpaired) electrons. The van der Waals surface area contributed by atoms with E-state index in [1.807, 2.05) is 19.9 Å². The Kier molecular flexibility index (Phi) is 5.88. The van der Waals surface area contributed by atoms with E-state index in [4.69, 9.17) is 4.74 Å². The van der Waals surface area contributed by atoms with Gasteiger partial charge in [0.25, 0.3) is 0 Å². The predicted molar refractivity (Wildman–Crippen MR) is 78.0 cm³/mol. The summed E-state index contributed by atoms with van der Waals surface area (Å²) in [6.45, 7) is 13.9. The summed E-state index contributed by atoms with van der Waals surface area (Å²) in [5.74, 6) is 0.789. The largest absolute Gasteiger partial charge is 0.368 e. The zero-order chi connectivity index (χ0) is 14.5. The number of aromatic nitrogens is 2. The van der Waals surface area contributed by atoms with Crippen LogP contribution in [0.4, 0.5) is 0 Å². The van der Waals surface area contributed by atoms with Crippen molar-refractivity contribution in [3.05, 3.63) is 23.3 Å². The van der Waals surface area contributed by atoms with Gasteiger partial charge in [0.1, 0.15) is 5.60 Å². The van der Waals surface area contributed by atoms with E-state index in [2.05, 4.69) is 43.0 Å². The highest BCUT2D eigenvalue weighted by Crippen LogP contribution is 2.26. The molecule has 108 valence electrons. The average Bonchev–Trinajstić information content (AvgIpc) is 2.36. The van der Waals surface area contributed by atoms with Gasteiger partial charge in [0.05, 0.1) is 5.69 Å². The fraction of sp³-hybridized carbons (Fsp3) is 0.733. The highest BCUT2D eigenvalue weighted by Gasteiger charge is 2.28. The van der Waals surface area contributed by atoms with Crippen LogP contribution in [0, 0.1) is 6.92 Å². The van der Waals surface area contributed by atoms with E-state index < -0.39 is 5.60 Å². The standard InChI is InChI=1S/C15H27N3O/c1-7-15(6,19-8-2)14-17-12(5)9-13(18-14)10-16-11(3)4/h9,11,16H,7-8,10H2,1-6H3. The van der Waals surface area contributed by atoms with E-state index in [9.17, 15) is 0 Å². The van der Waals surface area contributed by atoms with Crippen molar-refractivity contribution >= 4 is 0 Å². The second-order valence-corrected chi connectivity index (χ2v) is 5.38. The molecule has 1 aromatic heterocycles. The van der Waals surface area contributed by atoms with Crippen LogP contribution >= 0.6 is 0 Å². The zero-order valence-electron chi connectivity index (χ0n) is 13.1. The molecule has 0 saturated heterocycles. The fourth-order valence-electron chi connectivity index (χ4n) is 1.91. The van der Waals surface area contributed by atoms with Crippen LogP contribution in [-0.4, -0.2) is 22.6 Å². The minimum absolute atomic E-state index is 0.395. The minimum Gasteiger partial charge on any atom is -0.368 e. The molecular formula is C15H27N3O. The molecule has 0 fully saturated rings. The first-order valence-electron chi connectivity index (χ1n) is 7.13. The van der Waals surface area contributed by atoms with Gasteiger partial charge in [-0.3, -0.25) is 0 Å². The summed E-state index contributed by atoms with van der Waals surface area (Å²) in [5, 5.41) is 3.39. The Labute approximate surface area is 117 Å². The number of hydrogen-bond acceptors (Lipinski definition) is 4. The van der Waals surface area contributed by atoms with Gasteiger partial charge in [-0.2, -0.15) is 0 Å². The molecule has 0 aliphatic carbocycles. The van der Waals surface area contributed by atoms with E-state index in [-0.39, 0.29) is 0 Å². The number of ether oxygens (including phenoxy) is 1. The minimum atomic E-state index is -0.395. The molecule has 0 saturated carbocycles. The van der Waals surface area contributed by atoms with E-state index in [0.29, 0.717) is 12.6 Å². The van der Waals surface area contributed by atoms with Crippen molar-refractivity contribution in [3.63, 3.8) is 0 Å². The predicted octanol–water partition coefficient (Wildman–Crippen LogP) is 2.94. The van der Waals surface area contributed by atoms with Gasteiger partial charge in [-0.15, -0.1) is 0 Å². The molecule has 0 aliphatic heterocycles. The second kappa shape index (κ2) is 6.96. The van der Waals surface area contributed by atoms with Gasteiger partial charge in [-0.1, -0.05) is 20.8 Å². The lowest BCUT2D eigenvalue weighted by atomic mass is 10.0. The van der Waals surface area contributed by atoms with E-state index in [1.54, 1.807) is 0 Å². The summed E-state index contributed by atoms with van der Waals surface area (Å²) in [4.78, 5) is 9.23. The first kappa shape index (κ1) is 16.1. The molecule has 1 aromatic rings. The first-order chi connectivity index (χ1) is 8.91. The Hall–Kier alpha value is -1.00. The summed E-state index contributed by atoms with van der Waals surface area (Å²) in [7, 11) is 0. The van der Waals surface area contributed by atoms with Gasteiger partial charge in [-0.05, 0) is 33.3 Å². The second-order valence-electron chi connectivity index (χ2n) is 5.38. The number of nitrogens with zero attached hydrogens (tertiary/aromatic N) is 2. The maximum Gasteiger partial charge on any atom is 0.160 e. The molecule has 1 atom stereocenters.